The predicted molar refractivity (Wildman–Crippen MR) is 60.6 cm³/mol. The number of nitrogens with one attached hydrogen (secondary N) is 2. The summed E-state index contributed by atoms with van der Waals surface area (Å²) in [6.45, 7) is 1.49. The van der Waals surface area contributed by atoms with Gasteiger partial charge in [0.05, 0.1) is 11.6 Å². The van der Waals surface area contributed by atoms with E-state index in [-0.39, 0.29) is 17.5 Å². The van der Waals surface area contributed by atoms with Crippen molar-refractivity contribution >= 4 is 11.6 Å². The van der Waals surface area contributed by atoms with Crippen LogP contribution in [0.2, 0.25) is 0 Å². The van der Waals surface area contributed by atoms with Crippen LogP contribution in [0.1, 0.15) is 12.8 Å². The second-order valence-electron chi connectivity index (χ2n) is 4.13. The molecular formula is C12H14F2N2O. The SMILES string of the molecule is O=C(Nc1cccc(F)c1F)[C@H]1CCCNC1. The van der Waals surface area contributed by atoms with Gasteiger partial charge in [0.1, 0.15) is 0 Å². The monoisotopic (exact) mass is 240 g/mol. The third-order valence-electron chi connectivity index (χ3n) is 2.88. The average Bonchev–Trinajstić information content (AvgIpc) is 2.36. The van der Waals surface area contributed by atoms with Crippen molar-refractivity contribution in [1.82, 2.24) is 5.32 Å². The number of piperidine rings is 1. The molecule has 2 N–H and O–H groups in total. The molecule has 0 aromatic heterocycles. The Balaban J connectivity index is 2.04. The van der Waals surface area contributed by atoms with E-state index in [1.54, 1.807) is 0 Å². The summed E-state index contributed by atoms with van der Waals surface area (Å²) in [5.41, 5.74) is -0.0967. The molecule has 1 fully saturated rings. The van der Waals surface area contributed by atoms with Crippen molar-refractivity contribution in [2.75, 3.05) is 18.4 Å². The number of benzene rings is 1. The Morgan fingerprint density at radius 1 is 1.41 bits per heavy atom. The molecule has 0 spiro atoms. The number of amides is 1. The summed E-state index contributed by atoms with van der Waals surface area (Å²) < 4.78 is 26.3. The van der Waals surface area contributed by atoms with Crippen LogP contribution in [0.4, 0.5) is 14.5 Å². The highest BCUT2D eigenvalue weighted by atomic mass is 19.2. The van der Waals surface area contributed by atoms with Crippen molar-refractivity contribution in [2.24, 2.45) is 5.92 Å². The molecule has 1 heterocycles. The molecule has 3 nitrogen and oxygen atoms in total. The van der Waals surface area contributed by atoms with Crippen LogP contribution in [0.15, 0.2) is 18.2 Å². The summed E-state index contributed by atoms with van der Waals surface area (Å²) in [5, 5.41) is 5.53. The number of carbonyl (C=O) groups excluding carboxylic acids is 1. The van der Waals surface area contributed by atoms with Gasteiger partial charge in [-0.25, -0.2) is 8.78 Å². The van der Waals surface area contributed by atoms with Crippen molar-refractivity contribution in [3.8, 4) is 0 Å². The Labute approximate surface area is 98.2 Å². The van der Waals surface area contributed by atoms with Gasteiger partial charge in [-0.15, -0.1) is 0 Å². The van der Waals surface area contributed by atoms with Crippen LogP contribution in [0, 0.1) is 17.6 Å². The molecule has 0 bridgehead atoms. The number of rotatable bonds is 2. The van der Waals surface area contributed by atoms with E-state index in [2.05, 4.69) is 10.6 Å². The van der Waals surface area contributed by atoms with Crippen molar-refractivity contribution in [3.05, 3.63) is 29.8 Å². The minimum absolute atomic E-state index is 0.0967. The van der Waals surface area contributed by atoms with Crippen LogP contribution in [0.25, 0.3) is 0 Å². The van der Waals surface area contributed by atoms with E-state index in [4.69, 9.17) is 0 Å². The molecule has 0 radical (unpaired) electrons. The lowest BCUT2D eigenvalue weighted by atomic mass is 9.99. The highest BCUT2D eigenvalue weighted by Crippen LogP contribution is 2.19. The van der Waals surface area contributed by atoms with Gasteiger partial charge >= 0.3 is 0 Å². The largest absolute Gasteiger partial charge is 0.323 e. The summed E-state index contributed by atoms with van der Waals surface area (Å²) >= 11 is 0. The molecule has 1 atom stereocenters. The number of hydrogen-bond donors (Lipinski definition) is 2. The van der Waals surface area contributed by atoms with E-state index in [1.807, 2.05) is 0 Å². The van der Waals surface area contributed by atoms with Gasteiger partial charge in [-0.05, 0) is 31.5 Å². The van der Waals surface area contributed by atoms with E-state index < -0.39 is 11.6 Å². The molecule has 0 saturated carbocycles. The fraction of sp³-hybridized carbons (Fsp3) is 0.417. The summed E-state index contributed by atoms with van der Waals surface area (Å²) in [6, 6.07) is 3.74. The fourth-order valence-electron chi connectivity index (χ4n) is 1.91. The lowest BCUT2D eigenvalue weighted by Gasteiger charge is -2.21. The van der Waals surface area contributed by atoms with Gasteiger partial charge < -0.3 is 10.6 Å². The van der Waals surface area contributed by atoms with Gasteiger partial charge in [0.25, 0.3) is 0 Å². The number of carbonyl (C=O) groups is 1. The lowest BCUT2D eigenvalue weighted by molar-refractivity contribution is -0.120. The minimum Gasteiger partial charge on any atom is -0.323 e. The number of anilines is 1. The zero-order valence-electron chi connectivity index (χ0n) is 9.30. The average molecular weight is 240 g/mol. The molecule has 1 aromatic rings. The Kier molecular flexibility index (Phi) is 3.68. The van der Waals surface area contributed by atoms with Gasteiger partial charge in [-0.1, -0.05) is 6.07 Å². The molecule has 1 aliphatic heterocycles. The second kappa shape index (κ2) is 5.23. The van der Waals surface area contributed by atoms with E-state index in [0.29, 0.717) is 6.54 Å². The van der Waals surface area contributed by atoms with Gasteiger partial charge in [0.2, 0.25) is 5.91 Å². The smallest absolute Gasteiger partial charge is 0.228 e. The van der Waals surface area contributed by atoms with Gasteiger partial charge in [0, 0.05) is 6.54 Å². The first kappa shape index (κ1) is 12.0. The molecule has 0 aliphatic carbocycles. The first-order chi connectivity index (χ1) is 8.18. The Morgan fingerprint density at radius 2 is 2.24 bits per heavy atom. The van der Waals surface area contributed by atoms with Crippen LogP contribution in [-0.2, 0) is 4.79 Å². The molecule has 0 unspecified atom stereocenters. The Morgan fingerprint density at radius 3 is 2.94 bits per heavy atom. The molecule has 17 heavy (non-hydrogen) atoms. The zero-order chi connectivity index (χ0) is 12.3. The Bertz CT molecular complexity index is 417. The van der Waals surface area contributed by atoms with E-state index in [0.717, 1.165) is 25.5 Å². The summed E-state index contributed by atoms with van der Waals surface area (Å²) in [7, 11) is 0. The van der Waals surface area contributed by atoms with E-state index in [1.165, 1.54) is 12.1 Å². The molecular weight excluding hydrogens is 226 g/mol. The molecule has 5 heteroatoms. The van der Waals surface area contributed by atoms with Crippen LogP contribution < -0.4 is 10.6 Å². The quantitative estimate of drug-likeness (QED) is 0.829. The maximum Gasteiger partial charge on any atom is 0.228 e. The summed E-state index contributed by atoms with van der Waals surface area (Å²) in [6.07, 6.45) is 1.69. The van der Waals surface area contributed by atoms with Crippen LogP contribution in [-0.4, -0.2) is 19.0 Å². The normalized spacial score (nSPS) is 20.0. The second-order valence-corrected chi connectivity index (χ2v) is 4.13. The highest BCUT2D eigenvalue weighted by Gasteiger charge is 2.22. The standard InChI is InChI=1S/C12H14F2N2O/c13-9-4-1-5-10(11(9)14)16-12(17)8-3-2-6-15-7-8/h1,4-5,8,15H,2-3,6-7H2,(H,16,17)/t8-/m0/s1. The molecule has 1 amide bonds. The third-order valence-corrected chi connectivity index (χ3v) is 2.88. The lowest BCUT2D eigenvalue weighted by Crippen LogP contribution is -2.37. The number of hydrogen-bond acceptors (Lipinski definition) is 2. The van der Waals surface area contributed by atoms with Crippen molar-refractivity contribution in [1.29, 1.82) is 0 Å². The van der Waals surface area contributed by atoms with Crippen LogP contribution in [0.5, 0.6) is 0 Å². The summed E-state index contributed by atoms with van der Waals surface area (Å²) in [5.74, 6) is -2.40. The maximum absolute atomic E-state index is 13.3. The molecule has 1 saturated heterocycles. The topological polar surface area (TPSA) is 41.1 Å². The van der Waals surface area contributed by atoms with Gasteiger partial charge in [-0.2, -0.15) is 0 Å². The van der Waals surface area contributed by atoms with Gasteiger partial charge in [-0.3, -0.25) is 4.79 Å². The fourth-order valence-corrected chi connectivity index (χ4v) is 1.91. The third kappa shape index (κ3) is 2.79. The van der Waals surface area contributed by atoms with Crippen molar-refractivity contribution in [2.45, 2.75) is 12.8 Å². The van der Waals surface area contributed by atoms with Crippen LogP contribution >= 0.6 is 0 Å². The first-order valence-corrected chi connectivity index (χ1v) is 5.64. The molecule has 1 aromatic carbocycles. The predicted octanol–water partition coefficient (Wildman–Crippen LogP) is 1.90. The first-order valence-electron chi connectivity index (χ1n) is 5.64. The Hall–Kier alpha value is -1.49. The highest BCUT2D eigenvalue weighted by molar-refractivity contribution is 5.92. The van der Waals surface area contributed by atoms with Crippen molar-refractivity contribution in [3.63, 3.8) is 0 Å². The maximum atomic E-state index is 13.3. The van der Waals surface area contributed by atoms with E-state index >= 15 is 0 Å². The zero-order valence-corrected chi connectivity index (χ0v) is 9.30. The van der Waals surface area contributed by atoms with E-state index in [9.17, 15) is 13.6 Å². The number of halogens is 2. The molecule has 1 aliphatic rings. The molecule has 2 rings (SSSR count). The van der Waals surface area contributed by atoms with Crippen LogP contribution in [0.3, 0.4) is 0 Å². The molecule has 92 valence electrons. The van der Waals surface area contributed by atoms with Crippen molar-refractivity contribution < 1.29 is 13.6 Å². The van der Waals surface area contributed by atoms with Gasteiger partial charge in [0.15, 0.2) is 11.6 Å². The summed E-state index contributed by atoms with van der Waals surface area (Å²) in [4.78, 5) is 11.8. The minimum atomic E-state index is -1.01.